The second-order valence-corrected chi connectivity index (χ2v) is 6.77. The number of hydrogen-bond acceptors (Lipinski definition) is 4. The molecule has 7 nitrogen and oxygen atoms in total. The van der Waals surface area contributed by atoms with Crippen LogP contribution >= 0.6 is 34.8 Å². The average molecular weight is 414 g/mol. The number of halogens is 3. The van der Waals surface area contributed by atoms with E-state index in [9.17, 15) is 4.79 Å². The number of amides is 1. The van der Waals surface area contributed by atoms with Crippen molar-refractivity contribution in [2.75, 3.05) is 5.32 Å². The van der Waals surface area contributed by atoms with Crippen LogP contribution in [-0.2, 0) is 11.3 Å². The molecule has 136 valence electrons. The van der Waals surface area contributed by atoms with Gasteiger partial charge in [-0.1, -0.05) is 47.8 Å². The van der Waals surface area contributed by atoms with Crippen LogP contribution in [0, 0.1) is 0 Å². The van der Waals surface area contributed by atoms with Crippen molar-refractivity contribution in [2.24, 2.45) is 0 Å². The minimum atomic E-state index is -0.507. The van der Waals surface area contributed by atoms with Crippen molar-refractivity contribution in [1.29, 1.82) is 0 Å². The molecule has 10 heteroatoms. The maximum Gasteiger partial charge on any atom is 0.251 e. The summed E-state index contributed by atoms with van der Waals surface area (Å²) in [4.78, 5) is 16.6. The molecule has 2 heterocycles. The van der Waals surface area contributed by atoms with Crippen molar-refractivity contribution in [3.63, 3.8) is 0 Å². The molecule has 1 amide bonds. The van der Waals surface area contributed by atoms with E-state index in [1.54, 1.807) is 29.1 Å². The zero-order valence-electron chi connectivity index (χ0n) is 13.7. The van der Waals surface area contributed by atoms with Crippen LogP contribution in [0.5, 0.6) is 0 Å². The Kier molecular flexibility index (Phi) is 5.80. The van der Waals surface area contributed by atoms with E-state index < -0.39 is 6.04 Å². The molecule has 0 aliphatic heterocycles. The van der Waals surface area contributed by atoms with Gasteiger partial charge in [0, 0.05) is 21.8 Å². The lowest BCUT2D eigenvalue weighted by molar-refractivity contribution is -0.119. The van der Waals surface area contributed by atoms with Crippen molar-refractivity contribution < 1.29 is 4.79 Å². The smallest absolute Gasteiger partial charge is 0.251 e. The molecule has 0 saturated heterocycles. The summed E-state index contributed by atoms with van der Waals surface area (Å²) >= 11 is 18.2. The summed E-state index contributed by atoms with van der Waals surface area (Å²) in [5.41, 5.74) is 0.733. The molecule has 1 aromatic carbocycles. The lowest BCUT2D eigenvalue weighted by Gasteiger charge is -2.13. The number of nitrogens with one attached hydrogen (secondary N) is 1. The van der Waals surface area contributed by atoms with Crippen LogP contribution in [0.25, 0.3) is 0 Å². The lowest BCUT2D eigenvalue weighted by atomic mass is 10.2. The van der Waals surface area contributed by atoms with Crippen molar-refractivity contribution >= 4 is 46.7 Å². The third kappa shape index (κ3) is 4.17. The number of anilines is 1. The highest BCUT2D eigenvalue weighted by Gasteiger charge is 2.21. The SMILES string of the molecule is CCC(C(=O)Nc1ncn(Cc2c(Cl)cccc2Cl)n1)n1cc(Cl)cn1. The maximum atomic E-state index is 12.5. The fraction of sp³-hybridized carbons (Fsp3) is 0.250. The number of nitrogens with zero attached hydrogens (tertiary/aromatic N) is 5. The first-order valence-corrected chi connectivity index (χ1v) is 8.94. The molecule has 2 aromatic heterocycles. The van der Waals surface area contributed by atoms with Gasteiger partial charge in [-0.05, 0) is 18.6 Å². The molecule has 1 unspecified atom stereocenters. The summed E-state index contributed by atoms with van der Waals surface area (Å²) in [6, 6.07) is 4.77. The van der Waals surface area contributed by atoms with Crippen molar-refractivity contribution in [2.45, 2.75) is 25.9 Å². The quantitative estimate of drug-likeness (QED) is 0.660. The highest BCUT2D eigenvalue weighted by atomic mass is 35.5. The zero-order chi connectivity index (χ0) is 18.7. The molecular weight excluding hydrogens is 399 g/mol. The Hall–Kier alpha value is -2.09. The number of benzene rings is 1. The Morgan fingerprint density at radius 1 is 1.27 bits per heavy atom. The first-order chi connectivity index (χ1) is 12.5. The van der Waals surface area contributed by atoms with Gasteiger partial charge in [0.2, 0.25) is 5.95 Å². The standard InChI is InChI=1S/C16H15Cl3N6O/c1-2-14(25-7-10(17)6-21-25)15(26)22-16-20-9-24(23-16)8-11-12(18)4-3-5-13(11)19/h3-7,9,14H,2,8H2,1H3,(H,22,23,26). The second kappa shape index (κ2) is 8.07. The zero-order valence-corrected chi connectivity index (χ0v) is 16.0. The van der Waals surface area contributed by atoms with Gasteiger partial charge >= 0.3 is 0 Å². The summed E-state index contributed by atoms with van der Waals surface area (Å²) in [6.45, 7) is 2.22. The molecule has 0 spiro atoms. The van der Waals surface area contributed by atoms with E-state index in [1.807, 2.05) is 6.92 Å². The second-order valence-electron chi connectivity index (χ2n) is 5.52. The molecule has 0 aliphatic rings. The maximum absolute atomic E-state index is 12.5. The molecule has 0 bridgehead atoms. The fourth-order valence-electron chi connectivity index (χ4n) is 2.44. The van der Waals surface area contributed by atoms with Gasteiger partial charge in [-0.2, -0.15) is 5.10 Å². The van der Waals surface area contributed by atoms with E-state index >= 15 is 0 Å². The topological polar surface area (TPSA) is 77.6 Å². The van der Waals surface area contributed by atoms with Crippen LogP contribution in [0.3, 0.4) is 0 Å². The lowest BCUT2D eigenvalue weighted by Crippen LogP contribution is -2.26. The van der Waals surface area contributed by atoms with E-state index in [4.69, 9.17) is 34.8 Å². The van der Waals surface area contributed by atoms with Gasteiger partial charge in [0.05, 0.1) is 17.8 Å². The monoisotopic (exact) mass is 412 g/mol. The third-order valence-electron chi connectivity index (χ3n) is 3.73. The van der Waals surface area contributed by atoms with E-state index in [2.05, 4.69) is 20.5 Å². The molecule has 0 fully saturated rings. The summed E-state index contributed by atoms with van der Waals surface area (Å²) < 4.78 is 3.06. The van der Waals surface area contributed by atoms with Gasteiger partial charge in [0.1, 0.15) is 12.4 Å². The Morgan fingerprint density at radius 3 is 2.62 bits per heavy atom. The van der Waals surface area contributed by atoms with Gasteiger partial charge in [0.25, 0.3) is 5.91 Å². The van der Waals surface area contributed by atoms with Gasteiger partial charge < -0.3 is 0 Å². The highest BCUT2D eigenvalue weighted by molar-refractivity contribution is 6.36. The minimum Gasteiger partial charge on any atom is -0.291 e. The van der Waals surface area contributed by atoms with Crippen molar-refractivity contribution in [3.8, 4) is 0 Å². The molecular formula is C16H15Cl3N6O. The van der Waals surface area contributed by atoms with Gasteiger partial charge in [-0.15, -0.1) is 5.10 Å². The highest BCUT2D eigenvalue weighted by Crippen LogP contribution is 2.25. The number of aromatic nitrogens is 5. The van der Waals surface area contributed by atoms with Crippen molar-refractivity contribution in [3.05, 3.63) is 57.6 Å². The predicted octanol–water partition coefficient (Wildman–Crippen LogP) is 4.07. The number of rotatable bonds is 6. The van der Waals surface area contributed by atoms with E-state index in [1.165, 1.54) is 17.2 Å². The van der Waals surface area contributed by atoms with Gasteiger partial charge in [-0.3, -0.25) is 14.8 Å². The van der Waals surface area contributed by atoms with Crippen LogP contribution in [0.15, 0.2) is 36.9 Å². The molecule has 1 atom stereocenters. The molecule has 0 radical (unpaired) electrons. The molecule has 1 N–H and O–H groups in total. The summed E-state index contributed by atoms with van der Waals surface area (Å²) in [5.74, 6) is -0.0873. The third-order valence-corrected chi connectivity index (χ3v) is 4.64. The van der Waals surface area contributed by atoms with E-state index in [0.717, 1.165) is 5.56 Å². The van der Waals surface area contributed by atoms with Crippen LogP contribution < -0.4 is 5.32 Å². The number of carbonyl (C=O) groups is 1. The van der Waals surface area contributed by atoms with Crippen LogP contribution in [0.2, 0.25) is 15.1 Å². The normalized spacial score (nSPS) is 12.2. The Bertz CT molecular complexity index is 902. The van der Waals surface area contributed by atoms with E-state index in [0.29, 0.717) is 28.0 Å². The van der Waals surface area contributed by atoms with Crippen molar-refractivity contribution in [1.82, 2.24) is 24.5 Å². The average Bonchev–Trinajstić information content (AvgIpc) is 3.21. The first kappa shape index (κ1) is 18.7. The summed E-state index contributed by atoms with van der Waals surface area (Å²) in [6.07, 6.45) is 5.12. The molecule has 0 aliphatic carbocycles. The summed E-state index contributed by atoms with van der Waals surface area (Å²) in [5, 5.41) is 12.6. The van der Waals surface area contributed by atoms with Crippen LogP contribution in [-0.4, -0.2) is 30.5 Å². The molecule has 26 heavy (non-hydrogen) atoms. The Balaban J connectivity index is 1.71. The van der Waals surface area contributed by atoms with Crippen LogP contribution in [0.1, 0.15) is 24.9 Å². The largest absolute Gasteiger partial charge is 0.291 e. The summed E-state index contributed by atoms with van der Waals surface area (Å²) in [7, 11) is 0. The predicted molar refractivity (Wildman–Crippen MR) is 101 cm³/mol. The fourth-order valence-corrected chi connectivity index (χ4v) is 3.11. The Morgan fingerprint density at radius 2 is 2.00 bits per heavy atom. The Labute approximate surface area is 164 Å². The number of hydrogen-bond donors (Lipinski definition) is 1. The van der Waals surface area contributed by atoms with Gasteiger partial charge in [0.15, 0.2) is 0 Å². The van der Waals surface area contributed by atoms with Crippen LogP contribution in [0.4, 0.5) is 5.95 Å². The molecule has 3 rings (SSSR count). The van der Waals surface area contributed by atoms with E-state index in [-0.39, 0.29) is 11.9 Å². The molecule has 3 aromatic rings. The van der Waals surface area contributed by atoms with Gasteiger partial charge in [-0.25, -0.2) is 9.67 Å². The molecule has 0 saturated carbocycles. The number of carbonyl (C=O) groups excluding carboxylic acids is 1. The first-order valence-electron chi connectivity index (χ1n) is 7.80. The minimum absolute atomic E-state index is 0.190.